The lowest BCUT2D eigenvalue weighted by atomic mass is 9.94. The van der Waals surface area contributed by atoms with Crippen molar-refractivity contribution in [1.82, 2.24) is 4.98 Å². The molecule has 5 nitrogen and oxygen atoms in total. The van der Waals surface area contributed by atoms with Crippen molar-refractivity contribution in [2.45, 2.75) is 37.7 Å². The van der Waals surface area contributed by atoms with Crippen molar-refractivity contribution in [2.24, 2.45) is 0 Å². The van der Waals surface area contributed by atoms with Gasteiger partial charge in [-0.05, 0) is 37.3 Å². The maximum absolute atomic E-state index is 9.53. The predicted octanol–water partition coefficient (Wildman–Crippen LogP) is 1.83. The molecule has 0 amide bonds. The summed E-state index contributed by atoms with van der Waals surface area (Å²) in [7, 11) is 0. The summed E-state index contributed by atoms with van der Waals surface area (Å²) in [6, 6.07) is 4.41. The maximum Gasteiger partial charge on any atom is 0.147 e. The Balaban J connectivity index is 1.67. The number of fused-ring (bicyclic) bond motifs is 1. The molecule has 1 aromatic heterocycles. The summed E-state index contributed by atoms with van der Waals surface area (Å²) in [5, 5.41) is 9.53. The first kappa shape index (κ1) is 14.0. The first-order chi connectivity index (χ1) is 10.8. The first-order valence-electron chi connectivity index (χ1n) is 8.19. The second-order valence-electron chi connectivity index (χ2n) is 6.54. The van der Waals surface area contributed by atoms with Crippen molar-refractivity contribution >= 4 is 5.82 Å². The molecule has 1 unspecified atom stereocenters. The third kappa shape index (κ3) is 2.37. The van der Waals surface area contributed by atoms with Gasteiger partial charge in [-0.3, -0.25) is 0 Å². The van der Waals surface area contributed by atoms with Crippen LogP contribution in [0.25, 0.3) is 0 Å². The molecule has 1 aromatic rings. The molecule has 1 aliphatic carbocycles. The predicted molar refractivity (Wildman–Crippen MR) is 81.9 cm³/mol. The fraction of sp³-hybridized carbons (Fsp3) is 0.647. The summed E-state index contributed by atoms with van der Waals surface area (Å²) < 4.78 is 11.5. The van der Waals surface area contributed by atoms with E-state index in [0.717, 1.165) is 44.8 Å². The molecule has 0 saturated carbocycles. The van der Waals surface area contributed by atoms with Crippen molar-refractivity contribution in [1.29, 1.82) is 5.26 Å². The molecule has 1 atom stereocenters. The standard InChI is InChI=1S/C17H21N3O2/c18-10-14-9-13-3-1-2-4-15(13)19-16(14)20-6-8-22-17(11-20)5-7-21-12-17/h9H,1-8,11-12H2. The molecule has 3 heterocycles. The van der Waals surface area contributed by atoms with Gasteiger partial charge in [0.25, 0.3) is 0 Å². The van der Waals surface area contributed by atoms with Crippen LogP contribution in [0.1, 0.15) is 36.1 Å². The molecule has 2 saturated heterocycles. The number of pyridine rings is 1. The van der Waals surface area contributed by atoms with Gasteiger partial charge in [0, 0.05) is 25.3 Å². The minimum atomic E-state index is -0.206. The van der Waals surface area contributed by atoms with Gasteiger partial charge in [-0.15, -0.1) is 0 Å². The second kappa shape index (κ2) is 5.53. The zero-order valence-electron chi connectivity index (χ0n) is 12.8. The van der Waals surface area contributed by atoms with Crippen molar-refractivity contribution in [3.63, 3.8) is 0 Å². The van der Waals surface area contributed by atoms with E-state index < -0.39 is 0 Å². The molecule has 2 fully saturated rings. The number of anilines is 1. The van der Waals surface area contributed by atoms with Gasteiger partial charge in [0.15, 0.2) is 0 Å². The maximum atomic E-state index is 9.53. The van der Waals surface area contributed by atoms with Crippen molar-refractivity contribution in [2.75, 3.05) is 37.8 Å². The van der Waals surface area contributed by atoms with Crippen LogP contribution in [-0.2, 0) is 22.3 Å². The lowest BCUT2D eigenvalue weighted by Gasteiger charge is -2.40. The van der Waals surface area contributed by atoms with E-state index in [-0.39, 0.29) is 5.60 Å². The highest BCUT2D eigenvalue weighted by molar-refractivity contribution is 5.57. The summed E-state index contributed by atoms with van der Waals surface area (Å²) in [5.74, 6) is 0.845. The van der Waals surface area contributed by atoms with E-state index in [1.54, 1.807) is 0 Å². The van der Waals surface area contributed by atoms with Crippen LogP contribution in [0.3, 0.4) is 0 Å². The van der Waals surface area contributed by atoms with E-state index in [0.29, 0.717) is 18.8 Å². The van der Waals surface area contributed by atoms with Crippen molar-refractivity contribution in [3.8, 4) is 6.07 Å². The molecule has 22 heavy (non-hydrogen) atoms. The molecule has 0 radical (unpaired) electrons. The monoisotopic (exact) mass is 299 g/mol. The molecule has 0 aromatic carbocycles. The van der Waals surface area contributed by atoms with Crippen LogP contribution in [0.5, 0.6) is 0 Å². The number of nitriles is 1. The van der Waals surface area contributed by atoms with E-state index in [9.17, 15) is 5.26 Å². The van der Waals surface area contributed by atoms with Gasteiger partial charge in [0.1, 0.15) is 17.5 Å². The van der Waals surface area contributed by atoms with Gasteiger partial charge >= 0.3 is 0 Å². The van der Waals surface area contributed by atoms with Crippen LogP contribution in [-0.4, -0.2) is 43.5 Å². The van der Waals surface area contributed by atoms with E-state index >= 15 is 0 Å². The molecule has 1 spiro atoms. The molecule has 2 aliphatic heterocycles. The summed E-state index contributed by atoms with van der Waals surface area (Å²) in [4.78, 5) is 7.10. The van der Waals surface area contributed by atoms with Crippen LogP contribution in [0.2, 0.25) is 0 Å². The number of morpholine rings is 1. The minimum Gasteiger partial charge on any atom is -0.378 e. The van der Waals surface area contributed by atoms with Gasteiger partial charge in [-0.2, -0.15) is 5.26 Å². The van der Waals surface area contributed by atoms with Gasteiger partial charge in [-0.1, -0.05) is 0 Å². The number of hydrogen-bond donors (Lipinski definition) is 0. The van der Waals surface area contributed by atoms with Gasteiger partial charge < -0.3 is 14.4 Å². The van der Waals surface area contributed by atoms with Crippen LogP contribution in [0, 0.1) is 11.3 Å². The second-order valence-corrected chi connectivity index (χ2v) is 6.54. The average molecular weight is 299 g/mol. The van der Waals surface area contributed by atoms with Gasteiger partial charge in [-0.25, -0.2) is 4.98 Å². The normalized spacial score (nSPS) is 27.7. The van der Waals surface area contributed by atoms with Gasteiger partial charge in [0.05, 0.1) is 25.3 Å². The number of aromatic nitrogens is 1. The van der Waals surface area contributed by atoms with E-state index in [1.807, 2.05) is 0 Å². The summed E-state index contributed by atoms with van der Waals surface area (Å²) in [5.41, 5.74) is 2.95. The minimum absolute atomic E-state index is 0.206. The summed E-state index contributed by atoms with van der Waals surface area (Å²) in [6.45, 7) is 3.65. The molecule has 0 bridgehead atoms. The van der Waals surface area contributed by atoms with Crippen LogP contribution in [0.4, 0.5) is 5.82 Å². The summed E-state index contributed by atoms with van der Waals surface area (Å²) in [6.07, 6.45) is 5.42. The summed E-state index contributed by atoms with van der Waals surface area (Å²) >= 11 is 0. The fourth-order valence-corrected chi connectivity index (χ4v) is 3.80. The largest absolute Gasteiger partial charge is 0.378 e. The van der Waals surface area contributed by atoms with Gasteiger partial charge in [0.2, 0.25) is 0 Å². The van der Waals surface area contributed by atoms with Crippen molar-refractivity contribution < 1.29 is 9.47 Å². The average Bonchev–Trinajstić information content (AvgIpc) is 3.01. The lowest BCUT2D eigenvalue weighted by molar-refractivity contribution is -0.0581. The Kier molecular flexibility index (Phi) is 3.51. The molecule has 5 heteroatoms. The Labute approximate surface area is 130 Å². The van der Waals surface area contributed by atoms with Crippen LogP contribution in [0.15, 0.2) is 6.07 Å². The Morgan fingerprint density at radius 2 is 2.18 bits per heavy atom. The molecule has 116 valence electrons. The molecule has 0 N–H and O–H groups in total. The Hall–Kier alpha value is -1.64. The van der Waals surface area contributed by atoms with E-state index in [2.05, 4.69) is 17.0 Å². The Morgan fingerprint density at radius 3 is 3.00 bits per heavy atom. The molecular weight excluding hydrogens is 278 g/mol. The van der Waals surface area contributed by atoms with Crippen molar-refractivity contribution in [3.05, 3.63) is 22.9 Å². The molecule has 3 aliphatic rings. The van der Waals surface area contributed by atoms with Crippen LogP contribution < -0.4 is 4.90 Å². The number of hydrogen-bond acceptors (Lipinski definition) is 5. The smallest absolute Gasteiger partial charge is 0.147 e. The first-order valence-corrected chi connectivity index (χ1v) is 8.19. The highest BCUT2D eigenvalue weighted by Crippen LogP contribution is 2.32. The number of ether oxygens (including phenoxy) is 2. The topological polar surface area (TPSA) is 58.4 Å². The van der Waals surface area contributed by atoms with E-state index in [4.69, 9.17) is 14.5 Å². The highest BCUT2D eigenvalue weighted by atomic mass is 16.6. The number of aryl methyl sites for hydroxylation is 2. The highest BCUT2D eigenvalue weighted by Gasteiger charge is 2.41. The molecule has 4 rings (SSSR count). The molecular formula is C17H21N3O2. The quantitative estimate of drug-likeness (QED) is 0.792. The number of nitrogens with zero attached hydrogens (tertiary/aromatic N) is 3. The van der Waals surface area contributed by atoms with Crippen LogP contribution >= 0.6 is 0 Å². The third-order valence-corrected chi connectivity index (χ3v) is 5.02. The Morgan fingerprint density at radius 1 is 1.27 bits per heavy atom. The zero-order valence-corrected chi connectivity index (χ0v) is 12.8. The fourth-order valence-electron chi connectivity index (χ4n) is 3.80. The Bertz CT molecular complexity index is 617. The van der Waals surface area contributed by atoms with E-state index in [1.165, 1.54) is 24.1 Å². The SMILES string of the molecule is N#Cc1cc2c(nc1N1CCOC3(CCOC3)C1)CCCC2. The lowest BCUT2D eigenvalue weighted by Crippen LogP contribution is -2.53. The zero-order chi connectivity index (χ0) is 15.0. The third-order valence-electron chi connectivity index (χ3n) is 5.02. The number of rotatable bonds is 1.